The van der Waals surface area contributed by atoms with Gasteiger partial charge in [-0.15, -0.1) is 0 Å². The Balaban J connectivity index is 2.91. The summed E-state index contributed by atoms with van der Waals surface area (Å²) < 4.78 is 0. The molecule has 0 fully saturated rings. The first-order valence-electron chi connectivity index (χ1n) is 5.11. The van der Waals surface area contributed by atoms with Gasteiger partial charge in [0.1, 0.15) is 5.84 Å². The van der Waals surface area contributed by atoms with Gasteiger partial charge in [0, 0.05) is 11.7 Å². The van der Waals surface area contributed by atoms with Gasteiger partial charge < -0.3 is 4.90 Å². The predicted octanol–water partition coefficient (Wildman–Crippen LogP) is 2.81. The first kappa shape index (κ1) is 10.3. The second-order valence-corrected chi connectivity index (χ2v) is 3.85. The summed E-state index contributed by atoms with van der Waals surface area (Å²) in [5.41, 5.74) is 1.37. The highest BCUT2D eigenvalue weighted by Gasteiger charge is 2.26. The van der Waals surface area contributed by atoms with Crippen LogP contribution in [0.15, 0.2) is 16.8 Å². The average molecular weight is 180 g/mol. The van der Waals surface area contributed by atoms with Gasteiger partial charge in [-0.2, -0.15) is 0 Å². The maximum Gasteiger partial charge on any atom is 0.101 e. The number of allylic oxidation sites excluding steroid dienone is 1. The standard InChI is InChI=1S/C11H20N2/c1-6-7-11-9(4)12-10(5)13(11)8(2)3/h7-9H,6H2,1-5H3/b11-7+. The van der Waals surface area contributed by atoms with Gasteiger partial charge in [-0.1, -0.05) is 13.0 Å². The molecule has 0 aromatic heterocycles. The fraction of sp³-hybridized carbons (Fsp3) is 0.727. The van der Waals surface area contributed by atoms with Crippen molar-refractivity contribution in [1.29, 1.82) is 0 Å². The molecule has 2 nitrogen and oxygen atoms in total. The van der Waals surface area contributed by atoms with Gasteiger partial charge >= 0.3 is 0 Å². The summed E-state index contributed by atoms with van der Waals surface area (Å²) in [6.07, 6.45) is 3.37. The van der Waals surface area contributed by atoms with Gasteiger partial charge in [0.25, 0.3) is 0 Å². The van der Waals surface area contributed by atoms with E-state index >= 15 is 0 Å². The molecule has 1 aliphatic rings. The van der Waals surface area contributed by atoms with E-state index in [1.807, 2.05) is 0 Å². The Morgan fingerprint density at radius 2 is 2.15 bits per heavy atom. The van der Waals surface area contributed by atoms with Crippen molar-refractivity contribution in [3.8, 4) is 0 Å². The Labute approximate surface area is 81.3 Å². The zero-order valence-electron chi connectivity index (χ0n) is 9.33. The van der Waals surface area contributed by atoms with E-state index in [4.69, 9.17) is 0 Å². The maximum atomic E-state index is 4.57. The number of rotatable bonds is 2. The Kier molecular flexibility index (Phi) is 3.12. The molecule has 0 saturated heterocycles. The van der Waals surface area contributed by atoms with Gasteiger partial charge in [0.05, 0.1) is 6.04 Å². The van der Waals surface area contributed by atoms with Gasteiger partial charge in [0.15, 0.2) is 0 Å². The first-order chi connectivity index (χ1) is 6.07. The van der Waals surface area contributed by atoms with Crippen LogP contribution in [-0.2, 0) is 0 Å². The lowest BCUT2D eigenvalue weighted by molar-refractivity contribution is 0.424. The van der Waals surface area contributed by atoms with Gasteiger partial charge in [-0.3, -0.25) is 4.99 Å². The number of hydrogen-bond acceptors (Lipinski definition) is 2. The summed E-state index contributed by atoms with van der Waals surface area (Å²) in [7, 11) is 0. The van der Waals surface area contributed by atoms with E-state index in [1.54, 1.807) is 0 Å². The largest absolute Gasteiger partial charge is 0.330 e. The van der Waals surface area contributed by atoms with Crippen LogP contribution in [0, 0.1) is 0 Å². The lowest BCUT2D eigenvalue weighted by Crippen LogP contribution is -2.32. The molecule has 0 radical (unpaired) electrons. The maximum absolute atomic E-state index is 4.57. The first-order valence-corrected chi connectivity index (χ1v) is 5.11. The minimum atomic E-state index is 0.349. The Hall–Kier alpha value is -0.790. The van der Waals surface area contributed by atoms with Crippen LogP contribution >= 0.6 is 0 Å². The summed E-state index contributed by atoms with van der Waals surface area (Å²) in [6, 6.07) is 0.869. The van der Waals surface area contributed by atoms with Crippen molar-refractivity contribution in [3.63, 3.8) is 0 Å². The SMILES string of the molecule is CC/C=C1\C(C)N=C(C)N1C(C)C. The lowest BCUT2D eigenvalue weighted by Gasteiger charge is -2.26. The third kappa shape index (κ3) is 1.93. The van der Waals surface area contributed by atoms with Crippen molar-refractivity contribution in [2.24, 2.45) is 4.99 Å². The van der Waals surface area contributed by atoms with Gasteiger partial charge in [-0.05, 0) is 34.1 Å². The van der Waals surface area contributed by atoms with Crippen molar-refractivity contribution in [2.75, 3.05) is 0 Å². The zero-order chi connectivity index (χ0) is 10.0. The second-order valence-electron chi connectivity index (χ2n) is 3.85. The van der Waals surface area contributed by atoms with E-state index in [9.17, 15) is 0 Å². The second kappa shape index (κ2) is 3.95. The van der Waals surface area contributed by atoms with E-state index in [2.05, 4.69) is 50.6 Å². The molecule has 1 rings (SSSR count). The van der Waals surface area contributed by atoms with Crippen molar-refractivity contribution in [1.82, 2.24) is 4.90 Å². The summed E-state index contributed by atoms with van der Waals surface area (Å²) in [5.74, 6) is 1.15. The molecule has 0 aromatic rings. The molecule has 0 bridgehead atoms. The zero-order valence-corrected chi connectivity index (χ0v) is 9.33. The molecule has 74 valence electrons. The molecule has 1 heterocycles. The molecular weight excluding hydrogens is 160 g/mol. The third-order valence-electron chi connectivity index (χ3n) is 2.36. The van der Waals surface area contributed by atoms with Crippen molar-refractivity contribution < 1.29 is 0 Å². The molecule has 1 atom stereocenters. The minimum Gasteiger partial charge on any atom is -0.330 e. The fourth-order valence-electron chi connectivity index (χ4n) is 1.95. The van der Waals surface area contributed by atoms with Crippen molar-refractivity contribution in [2.45, 2.75) is 53.1 Å². The molecule has 0 saturated carbocycles. The quantitative estimate of drug-likeness (QED) is 0.638. The molecule has 1 aliphatic heterocycles. The lowest BCUT2D eigenvalue weighted by atomic mass is 10.2. The number of hydrogen-bond donors (Lipinski definition) is 0. The van der Waals surface area contributed by atoms with Crippen molar-refractivity contribution in [3.05, 3.63) is 11.8 Å². The highest BCUT2D eigenvalue weighted by molar-refractivity contribution is 5.84. The van der Waals surface area contributed by atoms with E-state index < -0.39 is 0 Å². The van der Waals surface area contributed by atoms with Crippen LogP contribution < -0.4 is 0 Å². The molecular formula is C11H20N2. The molecule has 0 N–H and O–H groups in total. The fourth-order valence-corrected chi connectivity index (χ4v) is 1.95. The normalized spacial score (nSPS) is 26.0. The van der Waals surface area contributed by atoms with Crippen LogP contribution in [0.1, 0.15) is 41.0 Å². The van der Waals surface area contributed by atoms with E-state index in [1.165, 1.54) is 5.70 Å². The van der Waals surface area contributed by atoms with E-state index in [-0.39, 0.29) is 0 Å². The smallest absolute Gasteiger partial charge is 0.101 e. The molecule has 0 aliphatic carbocycles. The summed E-state index contributed by atoms with van der Waals surface area (Å²) in [4.78, 5) is 6.89. The summed E-state index contributed by atoms with van der Waals surface area (Å²) >= 11 is 0. The van der Waals surface area contributed by atoms with Gasteiger partial charge in [-0.25, -0.2) is 0 Å². The van der Waals surface area contributed by atoms with Crippen LogP contribution in [-0.4, -0.2) is 22.8 Å². The van der Waals surface area contributed by atoms with Crippen LogP contribution in [0.4, 0.5) is 0 Å². The topological polar surface area (TPSA) is 15.6 Å². The molecule has 13 heavy (non-hydrogen) atoms. The van der Waals surface area contributed by atoms with Gasteiger partial charge in [0.2, 0.25) is 0 Å². The molecule has 0 amide bonds. The summed E-state index contributed by atoms with van der Waals surface area (Å²) in [6.45, 7) is 10.8. The molecule has 1 unspecified atom stereocenters. The summed E-state index contributed by atoms with van der Waals surface area (Å²) in [5, 5.41) is 0. The highest BCUT2D eigenvalue weighted by atomic mass is 15.3. The highest BCUT2D eigenvalue weighted by Crippen LogP contribution is 2.24. The Morgan fingerprint density at radius 3 is 2.62 bits per heavy atom. The number of aliphatic imine (C=N–C) groups is 1. The van der Waals surface area contributed by atoms with Crippen LogP contribution in [0.3, 0.4) is 0 Å². The Morgan fingerprint density at radius 1 is 1.54 bits per heavy atom. The number of amidine groups is 1. The van der Waals surface area contributed by atoms with Crippen LogP contribution in [0.2, 0.25) is 0 Å². The van der Waals surface area contributed by atoms with E-state index in [0.717, 1.165) is 12.3 Å². The minimum absolute atomic E-state index is 0.349. The molecule has 0 aromatic carbocycles. The third-order valence-corrected chi connectivity index (χ3v) is 2.36. The predicted molar refractivity (Wildman–Crippen MR) is 57.9 cm³/mol. The Bertz CT molecular complexity index is 238. The van der Waals surface area contributed by atoms with E-state index in [0.29, 0.717) is 12.1 Å². The van der Waals surface area contributed by atoms with Crippen LogP contribution in [0.5, 0.6) is 0 Å². The average Bonchev–Trinajstić information content (AvgIpc) is 2.27. The molecule has 2 heteroatoms. The van der Waals surface area contributed by atoms with Crippen molar-refractivity contribution >= 4 is 5.84 Å². The van der Waals surface area contributed by atoms with Crippen LogP contribution in [0.25, 0.3) is 0 Å². The number of nitrogens with zero attached hydrogens (tertiary/aromatic N) is 2. The molecule has 0 spiro atoms. The monoisotopic (exact) mass is 180 g/mol.